The number of nitrogens with one attached hydrogen (secondary N) is 4. The van der Waals surface area contributed by atoms with Crippen LogP contribution in [0.4, 0.5) is 0 Å². The van der Waals surface area contributed by atoms with Crippen LogP contribution in [0.2, 0.25) is 0 Å². The summed E-state index contributed by atoms with van der Waals surface area (Å²) in [6, 6.07) is 2.78. The second kappa shape index (κ2) is 26.8. The normalized spacial score (nSPS) is 18.6. The third kappa shape index (κ3) is 13.7. The molecule has 4 aliphatic rings. The molecule has 4 aliphatic heterocycles. The van der Waals surface area contributed by atoms with Crippen LogP contribution in [0.25, 0.3) is 22.3 Å². The van der Waals surface area contributed by atoms with Crippen molar-refractivity contribution in [3.05, 3.63) is 50.8 Å². The second-order valence-corrected chi connectivity index (χ2v) is 24.0. The Hall–Kier alpha value is -6.25. The maximum atomic E-state index is 14.0. The van der Waals surface area contributed by atoms with Gasteiger partial charge in [-0.05, 0) is 95.4 Å². The summed E-state index contributed by atoms with van der Waals surface area (Å²) in [6.45, 7) is 12.8. The molecule has 442 valence electrons. The zero-order chi connectivity index (χ0) is 59.1. The Balaban J connectivity index is 0.901. The molecular formula is C57H78IN9O14. The van der Waals surface area contributed by atoms with Gasteiger partial charge in [0.2, 0.25) is 48.1 Å². The lowest BCUT2D eigenvalue weighted by Crippen LogP contribution is -2.56. The first-order valence-corrected chi connectivity index (χ1v) is 29.2. The van der Waals surface area contributed by atoms with Crippen LogP contribution in [0.1, 0.15) is 141 Å². The summed E-state index contributed by atoms with van der Waals surface area (Å²) in [7, 11) is 1.68. The van der Waals surface area contributed by atoms with Crippen LogP contribution in [-0.2, 0) is 73.1 Å². The van der Waals surface area contributed by atoms with Gasteiger partial charge in [0.15, 0.2) is 17.1 Å². The zero-order valence-corrected chi connectivity index (χ0v) is 49.8. The lowest BCUT2D eigenvalue weighted by atomic mass is 9.86. The van der Waals surface area contributed by atoms with Crippen LogP contribution in [0.3, 0.4) is 0 Å². The van der Waals surface area contributed by atoms with Crippen LogP contribution >= 0.6 is 22.6 Å². The molecule has 0 radical (unpaired) electrons. The molecule has 0 spiro atoms. The quantitative estimate of drug-likeness (QED) is 0.0156. The maximum absolute atomic E-state index is 14.0. The first-order valence-electron chi connectivity index (χ1n) is 28.2. The number of hydrogen-bond acceptors (Lipinski definition) is 16. The first kappa shape index (κ1) is 62.4. The van der Waals surface area contributed by atoms with E-state index in [2.05, 4.69) is 43.9 Å². The molecule has 1 saturated heterocycles. The number of amides is 7. The van der Waals surface area contributed by atoms with Crippen molar-refractivity contribution in [3.8, 4) is 22.9 Å². The fraction of sp³-hybridized carbons (Fsp3) is 0.614. The van der Waals surface area contributed by atoms with Gasteiger partial charge in [-0.3, -0.25) is 43.3 Å². The predicted octanol–water partition coefficient (Wildman–Crippen LogP) is 3.48. The number of unbranched alkanes of at least 4 members (excludes halogenated alkanes) is 1. The van der Waals surface area contributed by atoms with E-state index < -0.39 is 65.3 Å². The van der Waals surface area contributed by atoms with Crippen LogP contribution in [0.15, 0.2) is 23.0 Å². The van der Waals surface area contributed by atoms with Gasteiger partial charge in [0.25, 0.3) is 5.56 Å². The van der Waals surface area contributed by atoms with E-state index >= 15 is 0 Å². The first-order chi connectivity index (χ1) is 38.5. The highest BCUT2D eigenvalue weighted by Gasteiger charge is 2.49. The van der Waals surface area contributed by atoms with Crippen molar-refractivity contribution in [3.63, 3.8) is 0 Å². The maximum Gasteiger partial charge on any atom is 0.343 e. The number of fused-ring (bicyclic) bond motifs is 6. The number of cyclic esters (lactones) is 1. The van der Waals surface area contributed by atoms with E-state index in [1.54, 1.807) is 50.9 Å². The number of rotatable bonds is 28. The number of alkyl halides is 1. The largest absolute Gasteiger partial charge is 0.458 e. The molecular weight excluding hydrogens is 1160 g/mol. The summed E-state index contributed by atoms with van der Waals surface area (Å²) in [5, 5.41) is 23.2. The van der Waals surface area contributed by atoms with E-state index in [0.717, 1.165) is 12.8 Å². The van der Waals surface area contributed by atoms with Gasteiger partial charge in [0.1, 0.15) is 18.7 Å². The van der Waals surface area contributed by atoms with Crippen LogP contribution < -0.4 is 42.0 Å². The van der Waals surface area contributed by atoms with Crippen molar-refractivity contribution >= 4 is 80.8 Å². The van der Waals surface area contributed by atoms with Crippen molar-refractivity contribution in [2.24, 2.45) is 17.6 Å². The number of aliphatic hydroxyl groups is 1. The highest BCUT2D eigenvalue weighted by molar-refractivity contribution is 14.1. The summed E-state index contributed by atoms with van der Waals surface area (Å²) < 4.78 is 23.7. The molecule has 7 rings (SSSR count). The number of halogens is 1. The lowest BCUT2D eigenvalue weighted by Gasteiger charge is -2.31. The molecule has 81 heavy (non-hydrogen) atoms. The Morgan fingerprint density at radius 1 is 0.914 bits per heavy atom. The number of carbonyl (C=O) groups is 8. The molecule has 7 N–H and O–H groups in total. The second-order valence-electron chi connectivity index (χ2n) is 21.9. The molecule has 6 heterocycles. The SMILES string of the molecule is CCC(I)(CC)C1CC(=O)N(CCC(=O)N(C)C(C)CCOC(C)CCC(=O)N[C@H](C(=O)N[C@@H](CCCCN)C(=O)NCC(=O)NCc2c3c(nc4cc5c(cc24)OCO5)-c2cc4c(c(=O)n2C3)COC(=O)[C@]4(O)CC)C(C)C)C1=O. The Labute approximate surface area is 485 Å². The number of imide groups is 1. The molecule has 0 bridgehead atoms. The van der Waals surface area contributed by atoms with Gasteiger partial charge >= 0.3 is 5.97 Å². The number of nitrogens with zero attached hydrogens (tertiary/aromatic N) is 4. The van der Waals surface area contributed by atoms with E-state index in [-0.39, 0.29) is 115 Å². The molecule has 0 saturated carbocycles. The number of nitrogens with two attached hydrogens (primary N) is 1. The highest BCUT2D eigenvalue weighted by Crippen LogP contribution is 2.44. The molecule has 0 aliphatic carbocycles. The standard InChI is InChI=1S/C57H78IN9O14/c1-9-56(58,10-2)39-24-48(71)66(54(39)75)20-17-47(70)65(8)32(6)18-21-78-33(7)15-16-45(68)64-49(31(4)5)52(73)63-40(14-12-13-19-59)51(72)61-27-46(69)60-26-35-34-22-43-44(81-30-80-43)25-41(34)62-50-36(35)28-67-42(50)23-38-37(53(67)74)29-79-55(76)57(38,77)11-3/h22-23,25,31-33,39-40,49,77H,9-21,24,26-30,59H2,1-8H3,(H,60,69)(H,61,72)(H,63,73)(H,64,68)/t32?,33?,39?,40-,49-,57-/m0/s1. The van der Waals surface area contributed by atoms with Gasteiger partial charge in [0, 0.05) is 78.0 Å². The molecule has 2 aromatic heterocycles. The summed E-state index contributed by atoms with van der Waals surface area (Å²) >= 11 is 2.30. The zero-order valence-electron chi connectivity index (χ0n) is 47.6. The van der Waals surface area contributed by atoms with E-state index in [0.29, 0.717) is 83.8 Å². The predicted molar refractivity (Wildman–Crippen MR) is 305 cm³/mol. The topological polar surface area (TPSA) is 309 Å². The van der Waals surface area contributed by atoms with Crippen molar-refractivity contribution in [1.29, 1.82) is 0 Å². The summed E-state index contributed by atoms with van der Waals surface area (Å²) in [5.41, 5.74) is 6.09. The molecule has 6 atom stereocenters. The van der Waals surface area contributed by atoms with Crippen molar-refractivity contribution in [1.82, 2.24) is 40.6 Å². The van der Waals surface area contributed by atoms with E-state index in [4.69, 9.17) is 29.7 Å². The van der Waals surface area contributed by atoms with E-state index in [1.807, 2.05) is 27.7 Å². The Morgan fingerprint density at radius 3 is 2.31 bits per heavy atom. The molecule has 24 heteroatoms. The lowest BCUT2D eigenvalue weighted by molar-refractivity contribution is -0.172. The summed E-state index contributed by atoms with van der Waals surface area (Å²) in [4.78, 5) is 128. The molecule has 23 nitrogen and oxygen atoms in total. The average molecular weight is 1240 g/mol. The fourth-order valence-electron chi connectivity index (χ4n) is 10.8. The molecule has 3 unspecified atom stereocenters. The van der Waals surface area contributed by atoms with Crippen LogP contribution in [-0.4, -0.2) is 140 Å². The highest BCUT2D eigenvalue weighted by atomic mass is 127. The summed E-state index contributed by atoms with van der Waals surface area (Å²) in [6.07, 6.45) is 3.49. The summed E-state index contributed by atoms with van der Waals surface area (Å²) in [5.74, 6) is -3.48. The minimum absolute atomic E-state index is 0.00507. The Kier molecular flexibility index (Phi) is 20.6. The minimum Gasteiger partial charge on any atom is -0.458 e. The molecule has 3 aromatic rings. The molecule has 1 fully saturated rings. The molecule has 1 aromatic carbocycles. The van der Waals surface area contributed by atoms with Crippen LogP contribution in [0.5, 0.6) is 11.5 Å². The van der Waals surface area contributed by atoms with Gasteiger partial charge in [-0.25, -0.2) is 9.78 Å². The van der Waals surface area contributed by atoms with E-state index in [9.17, 15) is 48.3 Å². The number of likely N-dealkylation sites (tertiary alicyclic amines) is 1. The van der Waals surface area contributed by atoms with Crippen molar-refractivity contribution in [2.45, 2.75) is 172 Å². The van der Waals surface area contributed by atoms with Gasteiger partial charge in [-0.15, -0.1) is 0 Å². The third-order valence-electron chi connectivity index (χ3n) is 16.4. The number of hydrogen-bond donors (Lipinski definition) is 6. The van der Waals surface area contributed by atoms with Gasteiger partial charge in [0.05, 0.1) is 47.6 Å². The average Bonchev–Trinajstić information content (AvgIpc) is 4.30. The number of carbonyl (C=O) groups excluding carboxylic acids is 8. The van der Waals surface area contributed by atoms with Crippen LogP contribution in [0, 0.1) is 11.8 Å². The fourth-order valence-corrected chi connectivity index (χ4v) is 11.3. The Morgan fingerprint density at radius 2 is 1.63 bits per heavy atom. The number of esters is 1. The van der Waals surface area contributed by atoms with Crippen molar-refractivity contribution < 1.29 is 62.4 Å². The van der Waals surface area contributed by atoms with E-state index in [1.165, 1.54) is 9.47 Å². The smallest absolute Gasteiger partial charge is 0.343 e. The Bertz CT molecular complexity index is 2980. The van der Waals surface area contributed by atoms with Gasteiger partial charge < -0.3 is 60.5 Å². The third-order valence-corrected chi connectivity index (χ3v) is 18.7. The number of aromatic nitrogens is 2. The molecule has 7 amide bonds. The van der Waals surface area contributed by atoms with Gasteiger partial charge in [-0.1, -0.05) is 57.2 Å². The monoisotopic (exact) mass is 1240 g/mol. The van der Waals surface area contributed by atoms with Crippen molar-refractivity contribution in [2.75, 3.05) is 40.1 Å². The minimum atomic E-state index is -2.03. The number of ether oxygens (including phenoxy) is 4. The number of benzene rings is 1. The number of pyridine rings is 2. The van der Waals surface area contributed by atoms with Gasteiger partial charge in [-0.2, -0.15) is 0 Å².